The second-order valence-electron chi connectivity index (χ2n) is 6.90. The summed E-state index contributed by atoms with van der Waals surface area (Å²) in [5.41, 5.74) is 0. The molecule has 0 aliphatic carbocycles. The molecule has 0 aromatic heterocycles. The number of hydrogen-bond donors (Lipinski definition) is 2. The number of nitrogens with one attached hydrogen (secondary N) is 2. The first kappa shape index (κ1) is 20.1. The highest BCUT2D eigenvalue weighted by atomic mass is 32.2. The average molecular weight is 375 g/mol. The van der Waals surface area contributed by atoms with Crippen LogP contribution >= 0.6 is 0 Å². The Balaban J connectivity index is 1.79. The largest absolute Gasteiger partial charge is 0.354 e. The molecule has 0 aromatic rings. The number of carbonyl (C=O) groups is 2. The second kappa shape index (κ2) is 8.95. The summed E-state index contributed by atoms with van der Waals surface area (Å²) in [6.07, 6.45) is 3.74. The third kappa shape index (κ3) is 5.65. The van der Waals surface area contributed by atoms with Gasteiger partial charge in [-0.1, -0.05) is 0 Å². The van der Waals surface area contributed by atoms with Gasteiger partial charge in [0.05, 0.1) is 18.3 Å². The maximum atomic E-state index is 12.4. The van der Waals surface area contributed by atoms with E-state index in [1.807, 2.05) is 0 Å². The van der Waals surface area contributed by atoms with Crippen molar-refractivity contribution in [1.29, 1.82) is 0 Å². The summed E-state index contributed by atoms with van der Waals surface area (Å²) in [5, 5.41) is 6.16. The first-order chi connectivity index (χ1) is 11.8. The highest BCUT2D eigenvalue weighted by Crippen LogP contribution is 2.16. The van der Waals surface area contributed by atoms with E-state index in [2.05, 4.69) is 10.6 Å². The van der Waals surface area contributed by atoms with Crippen molar-refractivity contribution in [2.75, 3.05) is 45.5 Å². The third-order valence-corrected chi connectivity index (χ3v) is 6.82. The third-order valence-electron chi connectivity index (χ3n) is 5.01. The lowest BCUT2D eigenvalue weighted by atomic mass is 9.97. The van der Waals surface area contributed by atoms with Crippen LogP contribution < -0.4 is 10.6 Å². The van der Waals surface area contributed by atoms with E-state index in [0.717, 1.165) is 36.5 Å². The maximum absolute atomic E-state index is 12.4. The predicted octanol–water partition coefficient (Wildman–Crippen LogP) is -0.625. The topological polar surface area (TPSA) is 98.8 Å². The van der Waals surface area contributed by atoms with E-state index in [0.29, 0.717) is 19.6 Å². The van der Waals surface area contributed by atoms with Gasteiger partial charge in [-0.15, -0.1) is 0 Å². The van der Waals surface area contributed by atoms with Crippen LogP contribution in [0.25, 0.3) is 0 Å². The number of carbonyl (C=O) groups excluding carboxylic acids is 2. The van der Waals surface area contributed by atoms with Crippen molar-refractivity contribution in [3.8, 4) is 0 Å². The van der Waals surface area contributed by atoms with Gasteiger partial charge in [-0.2, -0.15) is 4.31 Å². The molecule has 2 heterocycles. The Hall–Kier alpha value is -1.19. The van der Waals surface area contributed by atoms with Crippen molar-refractivity contribution in [2.45, 2.75) is 38.6 Å². The summed E-state index contributed by atoms with van der Waals surface area (Å²) >= 11 is 0. The highest BCUT2D eigenvalue weighted by molar-refractivity contribution is 7.89. The Bertz CT molecular complexity index is 575. The molecule has 2 aliphatic rings. The zero-order valence-electron chi connectivity index (χ0n) is 15.2. The molecule has 0 saturated carbocycles. The zero-order chi connectivity index (χ0) is 18.4. The van der Waals surface area contributed by atoms with E-state index < -0.39 is 10.0 Å². The quantitative estimate of drug-likeness (QED) is 0.618. The van der Waals surface area contributed by atoms with Crippen molar-refractivity contribution >= 4 is 21.8 Å². The van der Waals surface area contributed by atoms with Crippen LogP contribution in [0.15, 0.2) is 0 Å². The number of amides is 2. The Morgan fingerprint density at radius 1 is 1.28 bits per heavy atom. The monoisotopic (exact) mass is 374 g/mol. The van der Waals surface area contributed by atoms with E-state index in [9.17, 15) is 18.0 Å². The van der Waals surface area contributed by atoms with Gasteiger partial charge in [0.15, 0.2) is 0 Å². The van der Waals surface area contributed by atoms with Gasteiger partial charge < -0.3 is 15.5 Å². The summed E-state index contributed by atoms with van der Waals surface area (Å²) in [5.74, 6) is 0.0690. The minimum absolute atomic E-state index is 0.0133. The summed E-state index contributed by atoms with van der Waals surface area (Å²) < 4.78 is 24.7. The molecule has 2 rings (SSSR count). The fourth-order valence-electron chi connectivity index (χ4n) is 3.34. The Kier molecular flexibility index (Phi) is 7.21. The number of hydrogen-bond acceptors (Lipinski definition) is 5. The van der Waals surface area contributed by atoms with Crippen molar-refractivity contribution in [3.05, 3.63) is 0 Å². The van der Waals surface area contributed by atoms with Crippen LogP contribution in [-0.2, 0) is 19.6 Å². The van der Waals surface area contributed by atoms with Gasteiger partial charge >= 0.3 is 0 Å². The van der Waals surface area contributed by atoms with E-state index in [-0.39, 0.29) is 36.1 Å². The van der Waals surface area contributed by atoms with Crippen molar-refractivity contribution in [2.24, 2.45) is 5.92 Å². The summed E-state index contributed by atoms with van der Waals surface area (Å²) in [6.45, 7) is 4.10. The predicted molar refractivity (Wildman–Crippen MR) is 95.4 cm³/mol. The van der Waals surface area contributed by atoms with E-state index in [1.54, 1.807) is 11.8 Å². The molecule has 25 heavy (non-hydrogen) atoms. The lowest BCUT2D eigenvalue weighted by molar-refractivity contribution is -0.133. The van der Waals surface area contributed by atoms with E-state index in [1.165, 1.54) is 7.05 Å². The minimum Gasteiger partial charge on any atom is -0.354 e. The van der Waals surface area contributed by atoms with Crippen LogP contribution in [0.3, 0.4) is 0 Å². The molecule has 2 amide bonds. The molecule has 2 unspecified atom stereocenters. The highest BCUT2D eigenvalue weighted by Gasteiger charge is 2.28. The van der Waals surface area contributed by atoms with Crippen LogP contribution in [-0.4, -0.2) is 81.0 Å². The van der Waals surface area contributed by atoms with Crippen LogP contribution in [0, 0.1) is 5.92 Å². The molecule has 8 nitrogen and oxygen atoms in total. The first-order valence-corrected chi connectivity index (χ1v) is 10.7. The second-order valence-corrected chi connectivity index (χ2v) is 9.26. The molecule has 2 N–H and O–H groups in total. The van der Waals surface area contributed by atoms with E-state index in [4.69, 9.17) is 0 Å². The maximum Gasteiger partial charge on any atom is 0.237 e. The number of piperidine rings is 1. The fourth-order valence-corrected chi connectivity index (χ4v) is 4.09. The van der Waals surface area contributed by atoms with Crippen LogP contribution in [0.1, 0.15) is 32.6 Å². The van der Waals surface area contributed by atoms with Crippen LogP contribution in [0.4, 0.5) is 0 Å². The Morgan fingerprint density at radius 2 is 2.04 bits per heavy atom. The smallest absolute Gasteiger partial charge is 0.237 e. The average Bonchev–Trinajstić information content (AvgIpc) is 3.14. The molecule has 0 radical (unpaired) electrons. The lowest BCUT2D eigenvalue weighted by Gasteiger charge is -2.34. The number of sulfonamides is 1. The molecular formula is C16H30N4O4S. The zero-order valence-corrected chi connectivity index (χ0v) is 16.0. The van der Waals surface area contributed by atoms with Gasteiger partial charge in [-0.25, -0.2) is 8.42 Å². The number of likely N-dealkylation sites (tertiary alicyclic amines) is 1. The first-order valence-electron chi connectivity index (χ1n) is 9.06. The van der Waals surface area contributed by atoms with Gasteiger partial charge in [0.25, 0.3) is 0 Å². The molecule has 2 fully saturated rings. The van der Waals surface area contributed by atoms with Gasteiger partial charge in [-0.3, -0.25) is 9.59 Å². The van der Waals surface area contributed by atoms with Gasteiger partial charge in [0, 0.05) is 26.7 Å². The summed E-state index contributed by atoms with van der Waals surface area (Å²) in [6, 6.07) is -0.0887. The SMILES string of the molecule is CCS(=O)(=O)N(C)CC(=O)N1CCCC(CNC(=O)C2CCCN2)C1. The molecule has 144 valence electrons. The molecule has 2 saturated heterocycles. The Morgan fingerprint density at radius 3 is 2.68 bits per heavy atom. The van der Waals surface area contributed by atoms with Crippen molar-refractivity contribution in [3.63, 3.8) is 0 Å². The molecule has 9 heteroatoms. The molecule has 2 atom stereocenters. The molecule has 2 aliphatic heterocycles. The number of rotatable bonds is 7. The van der Waals surface area contributed by atoms with Gasteiger partial charge in [-0.05, 0) is 45.1 Å². The normalized spacial score (nSPS) is 24.5. The van der Waals surface area contributed by atoms with Crippen LogP contribution in [0.5, 0.6) is 0 Å². The molecular weight excluding hydrogens is 344 g/mol. The standard InChI is InChI=1S/C16H30N4O4S/c1-3-25(23,24)19(2)12-15(21)20-9-5-6-13(11-20)10-18-16(22)14-7-4-8-17-14/h13-14,17H,3-12H2,1-2H3,(H,18,22). The lowest BCUT2D eigenvalue weighted by Crippen LogP contribution is -2.49. The molecule has 0 bridgehead atoms. The molecule has 0 aromatic carbocycles. The summed E-state index contributed by atoms with van der Waals surface area (Å²) in [4.78, 5) is 26.2. The fraction of sp³-hybridized carbons (Fsp3) is 0.875. The number of nitrogens with zero attached hydrogens (tertiary/aromatic N) is 2. The minimum atomic E-state index is -3.35. The van der Waals surface area contributed by atoms with Crippen molar-refractivity contribution < 1.29 is 18.0 Å². The number of likely N-dealkylation sites (N-methyl/N-ethyl adjacent to an activating group) is 1. The van der Waals surface area contributed by atoms with E-state index >= 15 is 0 Å². The van der Waals surface area contributed by atoms with Crippen molar-refractivity contribution in [1.82, 2.24) is 19.8 Å². The summed E-state index contributed by atoms with van der Waals surface area (Å²) in [7, 11) is -1.92. The van der Waals surface area contributed by atoms with Gasteiger partial charge in [0.2, 0.25) is 21.8 Å². The van der Waals surface area contributed by atoms with Crippen LogP contribution in [0.2, 0.25) is 0 Å². The van der Waals surface area contributed by atoms with Gasteiger partial charge in [0.1, 0.15) is 0 Å². The molecule has 0 spiro atoms. The Labute approximate surface area is 150 Å².